The lowest BCUT2D eigenvalue weighted by Crippen LogP contribution is -2.09. The first-order chi connectivity index (χ1) is 8.65. The van der Waals surface area contributed by atoms with Crippen molar-refractivity contribution >= 4 is 5.97 Å². The number of hydrogen-bond donors (Lipinski definition) is 1. The van der Waals surface area contributed by atoms with Crippen LogP contribution in [0.3, 0.4) is 0 Å². The molecular formula is C9H11N7O2. The van der Waals surface area contributed by atoms with Crippen LogP contribution in [0.15, 0.2) is 0 Å². The van der Waals surface area contributed by atoms with E-state index in [2.05, 4.69) is 25.7 Å². The van der Waals surface area contributed by atoms with Crippen LogP contribution in [-0.2, 0) is 13.6 Å². The molecule has 1 N–H and O–H groups in total. The Balaban J connectivity index is 1.94. The first kappa shape index (κ1) is 10.8. The Morgan fingerprint density at radius 1 is 1.39 bits per heavy atom. The lowest BCUT2D eigenvalue weighted by Gasteiger charge is -2.02. The molecule has 0 aliphatic heterocycles. The molecule has 0 spiro atoms. The van der Waals surface area contributed by atoms with Gasteiger partial charge in [-0.05, 0) is 18.1 Å². The van der Waals surface area contributed by atoms with Gasteiger partial charge in [0.1, 0.15) is 6.54 Å². The average Bonchev–Trinajstić information content (AvgIpc) is 2.94. The van der Waals surface area contributed by atoms with Gasteiger partial charge >= 0.3 is 5.97 Å². The van der Waals surface area contributed by atoms with Gasteiger partial charge in [0.05, 0.1) is 12.7 Å². The fourth-order valence-electron chi connectivity index (χ4n) is 1.87. The summed E-state index contributed by atoms with van der Waals surface area (Å²) in [7, 11) is 1.67. The Labute approximate surface area is 101 Å². The van der Waals surface area contributed by atoms with E-state index in [-0.39, 0.29) is 11.6 Å². The molecular weight excluding hydrogens is 238 g/mol. The number of aryl methyl sites for hydroxylation is 1. The first-order valence-electron chi connectivity index (χ1n) is 5.54. The zero-order chi connectivity index (χ0) is 12.7. The minimum Gasteiger partial charge on any atom is -0.476 e. The van der Waals surface area contributed by atoms with Crippen LogP contribution in [0, 0.1) is 0 Å². The molecule has 2 aromatic rings. The third-order valence-electron chi connectivity index (χ3n) is 2.78. The second-order valence-electron chi connectivity index (χ2n) is 4.26. The van der Waals surface area contributed by atoms with Crippen molar-refractivity contribution in [2.24, 2.45) is 7.05 Å². The average molecular weight is 249 g/mol. The van der Waals surface area contributed by atoms with Gasteiger partial charge in [-0.2, -0.15) is 4.80 Å². The van der Waals surface area contributed by atoms with Crippen molar-refractivity contribution in [2.75, 3.05) is 0 Å². The van der Waals surface area contributed by atoms with Gasteiger partial charge in [0.25, 0.3) is 0 Å². The number of nitrogens with zero attached hydrogens (tertiary/aromatic N) is 7. The van der Waals surface area contributed by atoms with E-state index in [0.717, 1.165) is 12.8 Å². The smallest absolute Gasteiger partial charge is 0.358 e. The maximum atomic E-state index is 11.1. The summed E-state index contributed by atoms with van der Waals surface area (Å²) in [4.78, 5) is 12.4. The van der Waals surface area contributed by atoms with Gasteiger partial charge in [0.2, 0.25) is 0 Å². The molecule has 1 aliphatic carbocycles. The maximum absolute atomic E-state index is 11.1. The zero-order valence-electron chi connectivity index (χ0n) is 9.68. The van der Waals surface area contributed by atoms with E-state index in [1.54, 1.807) is 11.7 Å². The summed E-state index contributed by atoms with van der Waals surface area (Å²) in [5, 5.41) is 28.3. The summed E-state index contributed by atoms with van der Waals surface area (Å²) in [6, 6.07) is 0. The molecule has 9 heteroatoms. The summed E-state index contributed by atoms with van der Waals surface area (Å²) in [5.41, 5.74) is 0.691. The van der Waals surface area contributed by atoms with Crippen LogP contribution < -0.4 is 0 Å². The van der Waals surface area contributed by atoms with Crippen molar-refractivity contribution in [2.45, 2.75) is 25.3 Å². The number of carbonyl (C=O) groups is 1. The number of aromatic nitrogens is 7. The molecule has 0 saturated heterocycles. The van der Waals surface area contributed by atoms with Crippen molar-refractivity contribution < 1.29 is 9.90 Å². The SMILES string of the molecule is Cn1nnc(Cn2nnc(C(=O)O)c2C2CC2)n1. The number of hydrogen-bond acceptors (Lipinski definition) is 6. The molecule has 0 unspecified atom stereocenters. The van der Waals surface area contributed by atoms with Gasteiger partial charge < -0.3 is 5.11 Å². The molecule has 0 aromatic carbocycles. The number of carboxylic acids is 1. The number of rotatable bonds is 4. The number of tetrazole rings is 1. The fraction of sp³-hybridized carbons (Fsp3) is 0.556. The number of aromatic carboxylic acids is 1. The maximum Gasteiger partial charge on any atom is 0.358 e. The van der Waals surface area contributed by atoms with Crippen molar-refractivity contribution in [3.05, 3.63) is 17.2 Å². The van der Waals surface area contributed by atoms with Gasteiger partial charge in [0, 0.05) is 5.92 Å². The summed E-state index contributed by atoms with van der Waals surface area (Å²) >= 11 is 0. The van der Waals surface area contributed by atoms with Crippen LogP contribution >= 0.6 is 0 Å². The molecule has 3 rings (SSSR count). The van der Waals surface area contributed by atoms with Gasteiger partial charge in [-0.15, -0.1) is 15.3 Å². The molecule has 2 aromatic heterocycles. The fourth-order valence-corrected chi connectivity index (χ4v) is 1.87. The van der Waals surface area contributed by atoms with E-state index in [4.69, 9.17) is 5.11 Å². The van der Waals surface area contributed by atoms with Crippen LogP contribution in [0.25, 0.3) is 0 Å². The largest absolute Gasteiger partial charge is 0.476 e. The predicted octanol–water partition coefficient (Wildman–Crippen LogP) is -0.575. The quantitative estimate of drug-likeness (QED) is 0.771. The number of carboxylic acid groups (broad SMARTS) is 1. The Bertz CT molecular complexity index is 598. The molecule has 94 valence electrons. The predicted molar refractivity (Wildman–Crippen MR) is 56.9 cm³/mol. The molecule has 1 aliphatic rings. The van der Waals surface area contributed by atoms with Crippen molar-refractivity contribution in [1.29, 1.82) is 0 Å². The normalized spacial score (nSPS) is 14.9. The lowest BCUT2D eigenvalue weighted by atomic mass is 10.2. The molecule has 0 bridgehead atoms. The molecule has 0 atom stereocenters. The third-order valence-corrected chi connectivity index (χ3v) is 2.78. The standard InChI is InChI=1S/C9H11N7O2/c1-15-12-6(10-13-15)4-16-8(5-2-3-5)7(9(17)18)11-14-16/h5H,2-4H2,1H3,(H,17,18). The minimum atomic E-state index is -1.05. The van der Waals surface area contributed by atoms with E-state index >= 15 is 0 Å². The Kier molecular flexibility index (Phi) is 2.32. The monoisotopic (exact) mass is 249 g/mol. The highest BCUT2D eigenvalue weighted by molar-refractivity contribution is 5.86. The van der Waals surface area contributed by atoms with Gasteiger partial charge in [-0.3, -0.25) is 0 Å². The van der Waals surface area contributed by atoms with Crippen molar-refractivity contribution in [3.63, 3.8) is 0 Å². The molecule has 2 heterocycles. The summed E-state index contributed by atoms with van der Waals surface area (Å²) < 4.78 is 1.55. The van der Waals surface area contributed by atoms with Gasteiger partial charge in [0.15, 0.2) is 11.5 Å². The van der Waals surface area contributed by atoms with E-state index in [1.807, 2.05) is 0 Å². The van der Waals surface area contributed by atoms with E-state index < -0.39 is 5.97 Å². The second kappa shape index (κ2) is 3.86. The van der Waals surface area contributed by atoms with E-state index in [1.165, 1.54) is 4.80 Å². The molecule has 0 amide bonds. The zero-order valence-corrected chi connectivity index (χ0v) is 9.68. The third kappa shape index (κ3) is 1.83. The highest BCUT2D eigenvalue weighted by atomic mass is 16.4. The first-order valence-corrected chi connectivity index (χ1v) is 5.54. The van der Waals surface area contributed by atoms with Crippen LogP contribution in [0.4, 0.5) is 0 Å². The molecule has 1 fully saturated rings. The van der Waals surface area contributed by atoms with E-state index in [0.29, 0.717) is 18.1 Å². The van der Waals surface area contributed by atoms with Gasteiger partial charge in [-0.25, -0.2) is 9.48 Å². The molecule has 18 heavy (non-hydrogen) atoms. The van der Waals surface area contributed by atoms with Crippen LogP contribution in [0.5, 0.6) is 0 Å². The van der Waals surface area contributed by atoms with E-state index in [9.17, 15) is 4.79 Å². The van der Waals surface area contributed by atoms with Crippen LogP contribution in [0.1, 0.15) is 40.8 Å². The summed E-state index contributed by atoms with van der Waals surface area (Å²) in [6.45, 7) is 0.292. The van der Waals surface area contributed by atoms with Crippen LogP contribution in [-0.4, -0.2) is 46.3 Å². The van der Waals surface area contributed by atoms with Gasteiger partial charge in [-0.1, -0.05) is 5.21 Å². The highest BCUT2D eigenvalue weighted by Crippen LogP contribution is 2.41. The Morgan fingerprint density at radius 2 is 2.17 bits per heavy atom. The molecule has 0 radical (unpaired) electrons. The summed E-state index contributed by atoms with van der Waals surface area (Å²) in [6.07, 6.45) is 1.95. The second-order valence-corrected chi connectivity index (χ2v) is 4.26. The van der Waals surface area contributed by atoms with Crippen molar-refractivity contribution in [3.8, 4) is 0 Å². The highest BCUT2D eigenvalue weighted by Gasteiger charge is 2.33. The molecule has 1 saturated carbocycles. The van der Waals surface area contributed by atoms with Crippen LogP contribution in [0.2, 0.25) is 0 Å². The Morgan fingerprint density at radius 3 is 2.72 bits per heavy atom. The Hall–Kier alpha value is -2.32. The topological polar surface area (TPSA) is 112 Å². The lowest BCUT2D eigenvalue weighted by molar-refractivity contribution is 0.0689. The van der Waals surface area contributed by atoms with Crippen molar-refractivity contribution in [1.82, 2.24) is 35.2 Å². The summed E-state index contributed by atoms with van der Waals surface area (Å²) in [5.74, 6) is -0.320. The molecule has 9 nitrogen and oxygen atoms in total. The minimum absolute atomic E-state index is 0.0291.